The minimum absolute atomic E-state index is 0.174. The van der Waals surface area contributed by atoms with Gasteiger partial charge in [0.2, 0.25) is 5.88 Å². The molecule has 2 aromatic heterocycles. The molecule has 150 valence electrons. The van der Waals surface area contributed by atoms with E-state index in [9.17, 15) is 18.0 Å². The van der Waals surface area contributed by atoms with Crippen molar-refractivity contribution in [3.05, 3.63) is 66.4 Å². The van der Waals surface area contributed by atoms with Gasteiger partial charge in [0.1, 0.15) is 6.33 Å². The van der Waals surface area contributed by atoms with Crippen LogP contribution >= 0.6 is 0 Å². The van der Waals surface area contributed by atoms with Gasteiger partial charge in [0.25, 0.3) is 5.91 Å². The third kappa shape index (κ3) is 5.50. The van der Waals surface area contributed by atoms with Crippen molar-refractivity contribution in [3.63, 3.8) is 0 Å². The number of hydrogen-bond donors (Lipinski definition) is 1. The molecule has 2 heterocycles. The Morgan fingerprint density at radius 2 is 1.79 bits per heavy atom. The molecular weight excluding hydrogens is 385 g/mol. The number of nitrogens with one attached hydrogen (secondary N) is 1. The highest BCUT2D eigenvalue weighted by Gasteiger charge is 2.29. The highest BCUT2D eigenvalue weighted by atomic mass is 19.4. The average Bonchev–Trinajstić information content (AvgIpc) is 2.73. The van der Waals surface area contributed by atoms with Crippen molar-refractivity contribution < 1.29 is 22.7 Å². The summed E-state index contributed by atoms with van der Waals surface area (Å²) in [5.41, 5.74) is 2.56. The molecule has 1 N–H and O–H groups in total. The summed E-state index contributed by atoms with van der Waals surface area (Å²) in [6, 6.07) is 8.80. The number of pyridine rings is 1. The first kappa shape index (κ1) is 20.2. The molecule has 3 aromatic rings. The van der Waals surface area contributed by atoms with Crippen LogP contribution in [0.15, 0.2) is 55.2 Å². The van der Waals surface area contributed by atoms with Crippen LogP contribution in [0, 0.1) is 0 Å². The van der Waals surface area contributed by atoms with Gasteiger partial charge in [-0.25, -0.2) is 15.0 Å². The Kier molecular flexibility index (Phi) is 6.06. The normalized spacial score (nSPS) is 11.2. The summed E-state index contributed by atoms with van der Waals surface area (Å²) in [6.45, 7) is 0.533. The van der Waals surface area contributed by atoms with Gasteiger partial charge >= 0.3 is 6.18 Å². The number of aromatic nitrogens is 3. The number of halogens is 3. The summed E-state index contributed by atoms with van der Waals surface area (Å²) in [4.78, 5) is 23.8. The van der Waals surface area contributed by atoms with Crippen LogP contribution in [0.4, 0.5) is 18.9 Å². The lowest BCUT2D eigenvalue weighted by molar-refractivity contribution is -0.154. The zero-order valence-corrected chi connectivity index (χ0v) is 15.4. The minimum atomic E-state index is -4.49. The Balaban J connectivity index is 1.92. The van der Waals surface area contributed by atoms with Crippen LogP contribution in [-0.4, -0.2) is 33.6 Å². The largest absolute Gasteiger partial charge is 0.468 e. The lowest BCUT2D eigenvalue weighted by atomic mass is 10.0. The first-order chi connectivity index (χ1) is 13.9. The molecule has 0 aliphatic heterocycles. The highest BCUT2D eigenvalue weighted by Crippen LogP contribution is 2.32. The number of alkyl halides is 3. The van der Waals surface area contributed by atoms with Crippen LogP contribution in [0.1, 0.15) is 22.8 Å². The van der Waals surface area contributed by atoms with Crippen molar-refractivity contribution in [2.24, 2.45) is 0 Å². The molecule has 0 radical (unpaired) electrons. The van der Waals surface area contributed by atoms with Gasteiger partial charge < -0.3 is 10.1 Å². The fraction of sp³-hybridized carbons (Fsp3) is 0.200. The second-order valence-electron chi connectivity index (χ2n) is 6.11. The van der Waals surface area contributed by atoms with Gasteiger partial charge in [0.15, 0.2) is 6.61 Å². The lowest BCUT2D eigenvalue weighted by Crippen LogP contribution is -2.20. The van der Waals surface area contributed by atoms with E-state index in [1.807, 2.05) is 19.1 Å². The van der Waals surface area contributed by atoms with Crippen molar-refractivity contribution in [1.82, 2.24) is 15.0 Å². The van der Waals surface area contributed by atoms with E-state index in [-0.39, 0.29) is 11.4 Å². The van der Waals surface area contributed by atoms with E-state index in [1.54, 1.807) is 12.1 Å². The fourth-order valence-corrected chi connectivity index (χ4v) is 2.53. The molecule has 9 heteroatoms. The van der Waals surface area contributed by atoms with Gasteiger partial charge in [-0.05, 0) is 23.6 Å². The van der Waals surface area contributed by atoms with Crippen LogP contribution in [0.25, 0.3) is 11.1 Å². The summed E-state index contributed by atoms with van der Waals surface area (Å²) in [5.74, 6) is -0.642. The number of carbonyl (C=O) groups excluding carboxylic acids is 1. The maximum Gasteiger partial charge on any atom is 0.422 e. The number of hydrogen-bond acceptors (Lipinski definition) is 5. The molecular formula is C20H17F3N4O2. The summed E-state index contributed by atoms with van der Waals surface area (Å²) in [6.07, 6.45) is 1.55. The Morgan fingerprint density at radius 3 is 2.41 bits per heavy atom. The van der Waals surface area contributed by atoms with Crippen molar-refractivity contribution in [2.75, 3.05) is 11.9 Å². The van der Waals surface area contributed by atoms with Crippen LogP contribution in [-0.2, 0) is 6.42 Å². The third-order valence-corrected chi connectivity index (χ3v) is 3.98. The van der Waals surface area contributed by atoms with Gasteiger partial charge in [0, 0.05) is 18.0 Å². The van der Waals surface area contributed by atoms with Crippen LogP contribution in [0.2, 0.25) is 0 Å². The monoisotopic (exact) mass is 402 g/mol. The molecule has 0 aliphatic rings. The Morgan fingerprint density at radius 1 is 1.10 bits per heavy atom. The first-order valence-electron chi connectivity index (χ1n) is 8.71. The molecule has 0 saturated carbocycles. The molecule has 1 amide bonds. The number of anilines is 1. The number of ether oxygens (including phenoxy) is 1. The molecule has 29 heavy (non-hydrogen) atoms. The van der Waals surface area contributed by atoms with E-state index < -0.39 is 18.7 Å². The van der Waals surface area contributed by atoms with Gasteiger partial charge in [-0.1, -0.05) is 31.2 Å². The number of aryl methyl sites for hydroxylation is 1. The lowest BCUT2D eigenvalue weighted by Gasteiger charge is -2.14. The van der Waals surface area contributed by atoms with Crippen LogP contribution < -0.4 is 10.1 Å². The van der Waals surface area contributed by atoms with Crippen molar-refractivity contribution in [3.8, 4) is 17.0 Å². The molecule has 3 rings (SSSR count). The standard InChI is InChI=1S/C20H17F3N4O2/c1-2-13-3-5-14(6-4-13)17-7-16(10-26-19(17)29-11-20(21,22)23)27-18(28)15-8-24-12-25-9-15/h3-10,12H,2,11H2,1H3,(H,27,28). The van der Waals surface area contributed by atoms with Crippen molar-refractivity contribution >= 4 is 11.6 Å². The molecule has 0 atom stereocenters. The smallest absolute Gasteiger partial charge is 0.422 e. The zero-order valence-electron chi connectivity index (χ0n) is 15.4. The fourth-order valence-electron chi connectivity index (χ4n) is 2.53. The predicted molar refractivity (Wildman–Crippen MR) is 101 cm³/mol. The molecule has 1 aromatic carbocycles. The van der Waals surface area contributed by atoms with Crippen molar-refractivity contribution in [1.29, 1.82) is 0 Å². The molecule has 0 bridgehead atoms. The first-order valence-corrected chi connectivity index (χ1v) is 8.71. The minimum Gasteiger partial charge on any atom is -0.468 e. The third-order valence-electron chi connectivity index (χ3n) is 3.98. The van der Waals surface area contributed by atoms with Gasteiger partial charge in [-0.15, -0.1) is 0 Å². The summed E-state index contributed by atoms with van der Waals surface area (Å²) in [5, 5.41) is 2.63. The van der Waals surface area contributed by atoms with E-state index in [0.717, 1.165) is 12.0 Å². The summed E-state index contributed by atoms with van der Waals surface area (Å²) >= 11 is 0. The number of nitrogens with zero attached hydrogens (tertiary/aromatic N) is 3. The van der Waals surface area contributed by atoms with E-state index in [1.165, 1.54) is 31.0 Å². The van der Waals surface area contributed by atoms with Gasteiger partial charge in [-0.3, -0.25) is 4.79 Å². The molecule has 0 aliphatic carbocycles. The summed E-state index contributed by atoms with van der Waals surface area (Å²) in [7, 11) is 0. The Bertz CT molecular complexity index is 977. The van der Waals surface area contributed by atoms with Crippen LogP contribution in [0.3, 0.4) is 0 Å². The second kappa shape index (κ2) is 8.68. The predicted octanol–water partition coefficient (Wildman–Crippen LogP) is 4.29. The van der Waals surface area contributed by atoms with Crippen LogP contribution in [0.5, 0.6) is 5.88 Å². The number of carbonyl (C=O) groups is 1. The van der Waals surface area contributed by atoms with E-state index in [0.29, 0.717) is 16.8 Å². The van der Waals surface area contributed by atoms with E-state index >= 15 is 0 Å². The number of benzene rings is 1. The Labute approximate surface area is 164 Å². The Hall–Kier alpha value is -3.49. The molecule has 0 saturated heterocycles. The number of rotatable bonds is 6. The zero-order chi connectivity index (χ0) is 20.9. The maximum absolute atomic E-state index is 12.6. The number of amides is 1. The van der Waals surface area contributed by atoms with E-state index in [4.69, 9.17) is 4.74 Å². The topological polar surface area (TPSA) is 77.0 Å². The molecule has 0 fully saturated rings. The van der Waals surface area contributed by atoms with Crippen molar-refractivity contribution in [2.45, 2.75) is 19.5 Å². The molecule has 6 nitrogen and oxygen atoms in total. The quantitative estimate of drug-likeness (QED) is 0.666. The summed E-state index contributed by atoms with van der Waals surface area (Å²) < 4.78 is 42.7. The SMILES string of the molecule is CCc1ccc(-c2cc(NC(=O)c3cncnc3)cnc2OCC(F)(F)F)cc1. The maximum atomic E-state index is 12.6. The van der Waals surface area contributed by atoms with E-state index in [2.05, 4.69) is 20.3 Å². The molecule has 0 spiro atoms. The van der Waals surface area contributed by atoms with Gasteiger partial charge in [0.05, 0.1) is 17.4 Å². The highest BCUT2D eigenvalue weighted by molar-refractivity contribution is 6.04. The van der Waals surface area contributed by atoms with Gasteiger partial charge in [-0.2, -0.15) is 13.2 Å². The second-order valence-corrected chi connectivity index (χ2v) is 6.11. The average molecular weight is 402 g/mol. The molecule has 0 unspecified atom stereocenters.